The number of thioether (sulfide) groups is 1. The highest BCUT2D eigenvalue weighted by Crippen LogP contribution is 2.25. The van der Waals surface area contributed by atoms with Crippen molar-refractivity contribution in [2.45, 2.75) is 85.0 Å². The van der Waals surface area contributed by atoms with Crippen LogP contribution in [0.3, 0.4) is 0 Å². The normalized spacial score (nSPS) is 13.3. The monoisotopic (exact) mass is 489 g/mol. The predicted molar refractivity (Wildman–Crippen MR) is 138 cm³/mol. The number of benzene rings is 1. The molecule has 2 N–H and O–H groups in total. The Labute approximate surface area is 208 Å². The lowest BCUT2D eigenvalue weighted by atomic mass is 9.97. The van der Waals surface area contributed by atoms with E-state index in [0.717, 1.165) is 16.0 Å². The number of ether oxygens (including phenoxy) is 1. The molecule has 1 aromatic rings. The summed E-state index contributed by atoms with van der Waals surface area (Å²) in [6, 6.07) is 6.06. The van der Waals surface area contributed by atoms with E-state index in [9.17, 15) is 14.4 Å². The first-order chi connectivity index (χ1) is 15.6. The Morgan fingerprint density at radius 3 is 2.09 bits per heavy atom. The number of hydrogen-bond acceptors (Lipinski definition) is 5. The number of nitrogens with zero attached hydrogens (tertiary/aromatic N) is 1. The summed E-state index contributed by atoms with van der Waals surface area (Å²) >= 11 is 1.54. The van der Waals surface area contributed by atoms with E-state index >= 15 is 0 Å². The van der Waals surface area contributed by atoms with Gasteiger partial charge in [-0.05, 0) is 79.4 Å². The standard InChI is InChI=1S/C26H39N3O4S/c1-11-29(23(31)20(12-13-34-10)27-24(32)33-26(7,8)9)21(22(30)28-25(4,5)6)19-15-17(2)14-18(3)16-19/h1,14-16,20-21H,12-13H2,2-10H3,(H,27,32)(H,28,30). The van der Waals surface area contributed by atoms with Gasteiger partial charge in [0.25, 0.3) is 5.91 Å². The zero-order valence-electron chi connectivity index (χ0n) is 21.9. The van der Waals surface area contributed by atoms with E-state index in [1.807, 2.05) is 59.1 Å². The zero-order chi connectivity index (χ0) is 26.3. The van der Waals surface area contributed by atoms with Gasteiger partial charge in [0.1, 0.15) is 17.7 Å². The minimum absolute atomic E-state index is 0.331. The van der Waals surface area contributed by atoms with Crippen molar-refractivity contribution in [3.63, 3.8) is 0 Å². The SMILES string of the molecule is C#CN(C(=O)C(CCSC)NC(=O)OC(C)(C)C)C(C(=O)NC(C)(C)C)c1cc(C)cc(C)c1. The second-order valence-corrected chi connectivity index (χ2v) is 11.4. The number of nitrogens with one attached hydrogen (secondary N) is 2. The van der Waals surface area contributed by atoms with Gasteiger partial charge in [0, 0.05) is 11.6 Å². The number of alkyl carbamates (subject to hydrolysis) is 1. The maximum Gasteiger partial charge on any atom is 0.408 e. The molecular formula is C26H39N3O4S. The number of rotatable bonds is 8. The highest BCUT2D eigenvalue weighted by molar-refractivity contribution is 7.98. The van der Waals surface area contributed by atoms with Crippen LogP contribution in [0, 0.1) is 26.3 Å². The molecule has 3 amide bonds. The van der Waals surface area contributed by atoms with Crippen LogP contribution in [0.1, 0.15) is 70.7 Å². The van der Waals surface area contributed by atoms with Crippen LogP contribution < -0.4 is 10.6 Å². The summed E-state index contributed by atoms with van der Waals surface area (Å²) in [5, 5.41) is 5.58. The third-order valence-electron chi connectivity index (χ3n) is 4.54. The molecule has 0 bridgehead atoms. The average Bonchev–Trinajstić information content (AvgIpc) is 2.64. The fourth-order valence-corrected chi connectivity index (χ4v) is 3.87. The minimum Gasteiger partial charge on any atom is -0.444 e. The van der Waals surface area contributed by atoms with E-state index in [-0.39, 0.29) is 0 Å². The molecule has 7 nitrogen and oxygen atoms in total. The Kier molecular flexibility index (Phi) is 10.5. The van der Waals surface area contributed by atoms with Gasteiger partial charge in [0.15, 0.2) is 0 Å². The molecule has 0 heterocycles. The average molecular weight is 490 g/mol. The van der Waals surface area contributed by atoms with E-state index < -0.39 is 41.1 Å². The van der Waals surface area contributed by atoms with Crippen LogP contribution in [-0.2, 0) is 14.3 Å². The zero-order valence-corrected chi connectivity index (χ0v) is 22.7. The molecule has 2 unspecified atom stereocenters. The maximum atomic E-state index is 13.7. The van der Waals surface area contributed by atoms with Crippen LogP contribution in [0.25, 0.3) is 0 Å². The molecule has 0 aromatic heterocycles. The Balaban J connectivity index is 3.44. The first kappa shape index (κ1) is 29.4. The fraction of sp³-hybridized carbons (Fsp3) is 0.577. The van der Waals surface area contributed by atoms with E-state index in [1.165, 1.54) is 11.8 Å². The molecule has 0 fully saturated rings. The Bertz CT molecular complexity index is 905. The largest absolute Gasteiger partial charge is 0.444 e. The summed E-state index contributed by atoms with van der Waals surface area (Å²) in [6.45, 7) is 14.6. The van der Waals surface area contributed by atoms with Gasteiger partial charge in [0.2, 0.25) is 5.91 Å². The molecule has 0 aliphatic rings. The number of carbonyl (C=O) groups is 3. The second-order valence-electron chi connectivity index (χ2n) is 10.4. The van der Waals surface area contributed by atoms with Crippen molar-refractivity contribution in [1.82, 2.24) is 15.5 Å². The lowest BCUT2D eigenvalue weighted by Crippen LogP contribution is -2.53. The lowest BCUT2D eigenvalue weighted by molar-refractivity contribution is -0.139. The summed E-state index contributed by atoms with van der Waals surface area (Å²) < 4.78 is 5.34. The van der Waals surface area contributed by atoms with E-state index in [1.54, 1.807) is 20.8 Å². The van der Waals surface area contributed by atoms with Gasteiger partial charge in [-0.2, -0.15) is 11.8 Å². The van der Waals surface area contributed by atoms with E-state index in [4.69, 9.17) is 11.2 Å². The van der Waals surface area contributed by atoms with Crippen LogP contribution in [0.2, 0.25) is 0 Å². The fourth-order valence-electron chi connectivity index (χ4n) is 3.40. The van der Waals surface area contributed by atoms with Gasteiger partial charge >= 0.3 is 6.09 Å². The smallest absolute Gasteiger partial charge is 0.408 e. The summed E-state index contributed by atoms with van der Waals surface area (Å²) in [5.41, 5.74) is 1.23. The van der Waals surface area contributed by atoms with Gasteiger partial charge in [-0.25, -0.2) is 4.79 Å². The molecule has 1 aromatic carbocycles. The molecule has 34 heavy (non-hydrogen) atoms. The van der Waals surface area contributed by atoms with Crippen molar-refractivity contribution < 1.29 is 19.1 Å². The van der Waals surface area contributed by atoms with Gasteiger partial charge in [-0.3, -0.25) is 14.5 Å². The van der Waals surface area contributed by atoms with Gasteiger partial charge in [0.05, 0.1) is 0 Å². The summed E-state index contributed by atoms with van der Waals surface area (Å²) in [6.07, 6.45) is 7.33. The predicted octanol–water partition coefficient (Wildman–Crippen LogP) is 4.32. The summed E-state index contributed by atoms with van der Waals surface area (Å²) in [4.78, 5) is 40.6. The summed E-state index contributed by atoms with van der Waals surface area (Å²) in [7, 11) is 0. The van der Waals surface area contributed by atoms with Gasteiger partial charge in [-0.15, -0.1) is 0 Å². The summed E-state index contributed by atoms with van der Waals surface area (Å²) in [5.74, 6) is -0.340. The van der Waals surface area contributed by atoms with Gasteiger partial charge in [-0.1, -0.05) is 35.7 Å². The molecule has 0 radical (unpaired) electrons. The molecule has 8 heteroatoms. The third-order valence-corrected chi connectivity index (χ3v) is 5.18. The molecule has 1 rings (SSSR count). The molecule has 2 atom stereocenters. The molecule has 0 aliphatic heterocycles. The molecule has 0 saturated heterocycles. The van der Waals surface area contributed by atoms with Crippen LogP contribution in [0.4, 0.5) is 4.79 Å². The first-order valence-electron chi connectivity index (χ1n) is 11.3. The lowest BCUT2D eigenvalue weighted by Gasteiger charge is -2.32. The number of hydrogen-bond donors (Lipinski definition) is 2. The minimum atomic E-state index is -1.06. The number of aryl methyl sites for hydroxylation is 2. The molecule has 188 valence electrons. The highest BCUT2D eigenvalue weighted by Gasteiger charge is 2.37. The number of terminal acetylenes is 1. The van der Waals surface area contributed by atoms with Gasteiger partial charge < -0.3 is 15.4 Å². The Morgan fingerprint density at radius 2 is 1.65 bits per heavy atom. The highest BCUT2D eigenvalue weighted by atomic mass is 32.2. The van der Waals surface area contributed by atoms with Crippen molar-refractivity contribution in [3.05, 3.63) is 34.9 Å². The Morgan fingerprint density at radius 1 is 1.09 bits per heavy atom. The molecular weight excluding hydrogens is 450 g/mol. The molecule has 0 saturated carbocycles. The van der Waals surface area contributed by atoms with Crippen LogP contribution >= 0.6 is 11.8 Å². The first-order valence-corrected chi connectivity index (χ1v) is 12.7. The quantitative estimate of drug-likeness (QED) is 0.419. The maximum absolute atomic E-state index is 13.7. The van der Waals surface area contributed by atoms with Crippen molar-refractivity contribution >= 4 is 29.7 Å². The number of amides is 3. The van der Waals surface area contributed by atoms with Crippen LogP contribution in [-0.4, -0.2) is 52.0 Å². The molecule has 0 aliphatic carbocycles. The molecule has 0 spiro atoms. The second kappa shape index (κ2) is 12.2. The third kappa shape index (κ3) is 9.68. The Hall–Kier alpha value is -2.66. The number of carbonyl (C=O) groups excluding carboxylic acids is 3. The van der Waals surface area contributed by atoms with Crippen LogP contribution in [0.5, 0.6) is 0 Å². The van der Waals surface area contributed by atoms with Crippen molar-refractivity contribution in [1.29, 1.82) is 0 Å². The van der Waals surface area contributed by atoms with E-state index in [2.05, 4.69) is 16.7 Å². The van der Waals surface area contributed by atoms with E-state index in [0.29, 0.717) is 17.7 Å². The van der Waals surface area contributed by atoms with Crippen molar-refractivity contribution in [2.75, 3.05) is 12.0 Å². The van der Waals surface area contributed by atoms with Crippen LogP contribution in [0.15, 0.2) is 18.2 Å². The topological polar surface area (TPSA) is 87.7 Å². The van der Waals surface area contributed by atoms with Crippen molar-refractivity contribution in [3.8, 4) is 12.5 Å². The van der Waals surface area contributed by atoms with Crippen molar-refractivity contribution in [2.24, 2.45) is 0 Å².